The summed E-state index contributed by atoms with van der Waals surface area (Å²) in [5.41, 5.74) is 4.64. The fourth-order valence-corrected chi connectivity index (χ4v) is 5.72. The van der Waals surface area contributed by atoms with Crippen LogP contribution in [0.5, 0.6) is 0 Å². The molecule has 3 rings (SSSR count). The molecule has 33 heavy (non-hydrogen) atoms. The highest BCUT2D eigenvalue weighted by atomic mass is 32.2. The highest BCUT2D eigenvalue weighted by Gasteiger charge is 2.30. The van der Waals surface area contributed by atoms with E-state index in [9.17, 15) is 0 Å². The first-order chi connectivity index (χ1) is 15.3. The van der Waals surface area contributed by atoms with E-state index in [0.29, 0.717) is 0 Å². The van der Waals surface area contributed by atoms with Crippen LogP contribution in [0.4, 0.5) is 0 Å². The van der Waals surface area contributed by atoms with Crippen LogP contribution >= 0.6 is 0 Å². The van der Waals surface area contributed by atoms with Gasteiger partial charge < -0.3 is 0 Å². The Balaban J connectivity index is 0.00000187. The lowest BCUT2D eigenvalue weighted by Crippen LogP contribution is -2.13. The Kier molecular flexibility index (Phi) is 8.68. The van der Waals surface area contributed by atoms with Crippen LogP contribution in [0.15, 0.2) is 87.5 Å². The third-order valence-electron chi connectivity index (χ3n) is 5.87. The zero-order chi connectivity index (χ0) is 25.0. The predicted molar refractivity (Wildman–Crippen MR) is 149 cm³/mol. The standard InChI is InChI=1S/C30H39S.C2H6/c1-28(2,3)22-10-16-25(17-11-22)31(26-18-12-23(13-19-26)29(4,5)6)27-20-14-24(15-21-27)30(7,8)9;1-2/h10-21H,1-9H3;1-2H3/q+1;. The van der Waals surface area contributed by atoms with Gasteiger partial charge in [0.1, 0.15) is 0 Å². The van der Waals surface area contributed by atoms with Gasteiger partial charge >= 0.3 is 0 Å². The van der Waals surface area contributed by atoms with Crippen molar-refractivity contribution in [3.63, 3.8) is 0 Å². The molecule has 0 bridgehead atoms. The van der Waals surface area contributed by atoms with Gasteiger partial charge in [-0.15, -0.1) is 0 Å². The summed E-state index contributed by atoms with van der Waals surface area (Å²) in [6, 6.07) is 27.8. The number of rotatable bonds is 3. The number of hydrogen-bond donors (Lipinski definition) is 0. The van der Waals surface area contributed by atoms with Gasteiger partial charge in [-0.3, -0.25) is 0 Å². The molecular formula is C32H45S+. The molecule has 0 spiro atoms. The van der Waals surface area contributed by atoms with Crippen LogP contribution in [0.2, 0.25) is 0 Å². The SMILES string of the molecule is CC.CC(C)(C)c1ccc([S+](c2ccc(C(C)(C)C)cc2)c2ccc(C(C)(C)C)cc2)cc1. The van der Waals surface area contributed by atoms with Crippen LogP contribution in [0.1, 0.15) is 92.9 Å². The fraction of sp³-hybridized carbons (Fsp3) is 0.438. The molecule has 0 radical (unpaired) electrons. The summed E-state index contributed by atoms with van der Waals surface area (Å²) >= 11 is 0. The maximum Gasteiger partial charge on any atom is 0.166 e. The third kappa shape index (κ3) is 7.00. The van der Waals surface area contributed by atoms with E-state index in [4.69, 9.17) is 0 Å². The second kappa shape index (κ2) is 10.5. The van der Waals surface area contributed by atoms with Crippen LogP contribution in [-0.4, -0.2) is 0 Å². The van der Waals surface area contributed by atoms with Crippen molar-refractivity contribution in [2.24, 2.45) is 0 Å². The van der Waals surface area contributed by atoms with Gasteiger partial charge in [-0.25, -0.2) is 0 Å². The smallest absolute Gasteiger partial charge is 0.0683 e. The first kappa shape index (κ1) is 27.3. The summed E-state index contributed by atoms with van der Waals surface area (Å²) in [7, 11) is -0.120. The fourth-order valence-electron chi connectivity index (χ4n) is 3.68. The molecule has 178 valence electrons. The van der Waals surface area contributed by atoms with E-state index < -0.39 is 0 Å². The van der Waals surface area contributed by atoms with Crippen molar-refractivity contribution in [2.45, 2.75) is 107 Å². The molecule has 0 aliphatic rings. The quantitative estimate of drug-likeness (QED) is 0.340. The van der Waals surface area contributed by atoms with Crippen LogP contribution < -0.4 is 0 Å². The summed E-state index contributed by atoms with van der Waals surface area (Å²) in [5.74, 6) is 0. The van der Waals surface area contributed by atoms with E-state index in [1.54, 1.807) is 0 Å². The summed E-state index contributed by atoms with van der Waals surface area (Å²) < 4.78 is 0. The molecule has 0 heterocycles. The Bertz CT molecular complexity index is 850. The van der Waals surface area contributed by atoms with Crippen LogP contribution in [0.25, 0.3) is 0 Å². The first-order valence-corrected chi connectivity index (χ1v) is 13.6. The molecule has 0 atom stereocenters. The average Bonchev–Trinajstić information content (AvgIpc) is 2.75. The van der Waals surface area contributed by atoms with E-state index in [1.165, 1.54) is 31.4 Å². The number of benzene rings is 3. The van der Waals surface area contributed by atoms with Crippen molar-refractivity contribution < 1.29 is 0 Å². The van der Waals surface area contributed by atoms with Crippen LogP contribution in [0, 0.1) is 0 Å². The van der Waals surface area contributed by atoms with Crippen molar-refractivity contribution in [1.29, 1.82) is 0 Å². The predicted octanol–water partition coefficient (Wildman–Crippen LogP) is 9.70. The Morgan fingerprint density at radius 2 is 0.545 bits per heavy atom. The molecule has 0 N–H and O–H groups in total. The lowest BCUT2D eigenvalue weighted by molar-refractivity contribution is 0.589. The lowest BCUT2D eigenvalue weighted by Gasteiger charge is -2.21. The second-order valence-corrected chi connectivity index (χ2v) is 13.7. The molecule has 0 saturated carbocycles. The van der Waals surface area contributed by atoms with Gasteiger partial charge in [-0.2, -0.15) is 0 Å². The van der Waals surface area contributed by atoms with Gasteiger partial charge in [0.2, 0.25) is 0 Å². The van der Waals surface area contributed by atoms with Gasteiger partial charge in [0, 0.05) is 0 Å². The minimum absolute atomic E-state index is 0.120. The molecule has 0 saturated heterocycles. The Morgan fingerprint density at radius 3 is 0.697 bits per heavy atom. The maximum absolute atomic E-state index is 2.33. The highest BCUT2D eigenvalue weighted by Crippen LogP contribution is 2.35. The molecule has 0 aliphatic carbocycles. The van der Waals surface area contributed by atoms with Crippen molar-refractivity contribution in [3.05, 3.63) is 89.5 Å². The van der Waals surface area contributed by atoms with Gasteiger partial charge in [-0.05, 0) is 69.3 Å². The lowest BCUT2D eigenvalue weighted by atomic mass is 9.87. The zero-order valence-electron chi connectivity index (χ0n) is 22.8. The van der Waals surface area contributed by atoms with Gasteiger partial charge in [0.25, 0.3) is 0 Å². The molecule has 3 aromatic carbocycles. The summed E-state index contributed by atoms with van der Waals surface area (Å²) in [6.07, 6.45) is 0. The molecule has 0 nitrogen and oxygen atoms in total. The van der Waals surface area contributed by atoms with Crippen molar-refractivity contribution in [1.82, 2.24) is 0 Å². The van der Waals surface area contributed by atoms with E-state index in [1.807, 2.05) is 13.8 Å². The molecule has 1 heteroatoms. The zero-order valence-corrected chi connectivity index (χ0v) is 23.7. The van der Waals surface area contributed by atoms with E-state index in [2.05, 4.69) is 135 Å². The Hall–Kier alpha value is -1.99. The topological polar surface area (TPSA) is 0 Å². The van der Waals surface area contributed by atoms with Crippen molar-refractivity contribution in [3.8, 4) is 0 Å². The molecule has 0 amide bonds. The highest BCUT2D eigenvalue weighted by molar-refractivity contribution is 7.97. The molecule has 3 aromatic rings. The molecule has 0 unspecified atom stereocenters. The minimum atomic E-state index is -0.120. The van der Waals surface area contributed by atoms with Gasteiger partial charge in [0.05, 0.1) is 10.9 Å². The average molecular weight is 462 g/mol. The van der Waals surface area contributed by atoms with E-state index in [0.717, 1.165) is 0 Å². The molecule has 0 fully saturated rings. The third-order valence-corrected chi connectivity index (χ3v) is 8.10. The molecule has 0 aliphatic heterocycles. The second-order valence-electron chi connectivity index (χ2n) is 11.6. The van der Waals surface area contributed by atoms with E-state index >= 15 is 0 Å². The van der Waals surface area contributed by atoms with Crippen molar-refractivity contribution >= 4 is 10.9 Å². The van der Waals surface area contributed by atoms with Crippen LogP contribution in [0.3, 0.4) is 0 Å². The van der Waals surface area contributed by atoms with Crippen molar-refractivity contribution in [2.75, 3.05) is 0 Å². The van der Waals surface area contributed by atoms with Crippen LogP contribution in [-0.2, 0) is 27.1 Å². The minimum Gasteiger partial charge on any atom is -0.0683 e. The summed E-state index contributed by atoms with van der Waals surface area (Å²) in [5, 5.41) is 0. The Morgan fingerprint density at radius 1 is 0.364 bits per heavy atom. The molecule has 0 aromatic heterocycles. The Labute approximate surface area is 207 Å². The first-order valence-electron chi connectivity index (χ1n) is 12.3. The van der Waals surface area contributed by atoms with Gasteiger partial charge in [-0.1, -0.05) is 113 Å². The van der Waals surface area contributed by atoms with E-state index in [-0.39, 0.29) is 27.1 Å². The van der Waals surface area contributed by atoms with Gasteiger partial charge in [0.15, 0.2) is 14.7 Å². The normalized spacial score (nSPS) is 12.4. The molecular weight excluding hydrogens is 416 g/mol. The summed E-state index contributed by atoms with van der Waals surface area (Å²) in [6.45, 7) is 24.5. The monoisotopic (exact) mass is 461 g/mol. The number of hydrogen-bond acceptors (Lipinski definition) is 0. The summed E-state index contributed by atoms with van der Waals surface area (Å²) in [4.78, 5) is 4.13. The maximum atomic E-state index is 2.33. The largest absolute Gasteiger partial charge is 0.166 e.